The molecule has 1 aromatic heterocycles. The Kier molecular flexibility index (Phi) is 9.14. The van der Waals surface area contributed by atoms with Gasteiger partial charge in [0, 0.05) is 77.7 Å². The number of nitrogens with zero attached hydrogens (tertiary/aromatic N) is 6. The van der Waals surface area contributed by atoms with E-state index in [4.69, 9.17) is 0 Å². The normalized spacial score (nSPS) is 18.2. The number of guanidine groups is 1. The number of rotatable bonds is 10. The Balaban J connectivity index is 1.28. The zero-order valence-corrected chi connectivity index (χ0v) is 18.2. The Labute approximate surface area is 179 Å². The summed E-state index contributed by atoms with van der Waals surface area (Å²) >= 11 is 0. The van der Waals surface area contributed by atoms with Crippen molar-refractivity contribution in [2.24, 2.45) is 4.99 Å². The SMILES string of the molecule is CCNC(=NCCCN1CCCC1=O)NCCCN1CCN(c2ncccn2)CC1. The van der Waals surface area contributed by atoms with Crippen molar-refractivity contribution in [2.45, 2.75) is 32.6 Å². The monoisotopic (exact) mass is 416 g/mol. The van der Waals surface area contributed by atoms with E-state index >= 15 is 0 Å². The molecule has 166 valence electrons. The van der Waals surface area contributed by atoms with Crippen molar-refractivity contribution in [3.63, 3.8) is 0 Å². The number of aliphatic imine (C=N–C) groups is 1. The van der Waals surface area contributed by atoms with Crippen LogP contribution in [0.1, 0.15) is 32.6 Å². The summed E-state index contributed by atoms with van der Waals surface area (Å²) in [5.41, 5.74) is 0. The van der Waals surface area contributed by atoms with Crippen LogP contribution in [0.5, 0.6) is 0 Å². The number of piperazine rings is 1. The third-order valence-corrected chi connectivity index (χ3v) is 5.52. The first-order chi connectivity index (χ1) is 14.8. The summed E-state index contributed by atoms with van der Waals surface area (Å²) in [6, 6.07) is 1.85. The minimum Gasteiger partial charge on any atom is -0.357 e. The Morgan fingerprint density at radius 3 is 2.57 bits per heavy atom. The van der Waals surface area contributed by atoms with Crippen molar-refractivity contribution >= 4 is 17.8 Å². The molecule has 2 saturated heterocycles. The van der Waals surface area contributed by atoms with E-state index in [0.29, 0.717) is 12.3 Å². The van der Waals surface area contributed by atoms with Crippen LogP contribution in [-0.4, -0.2) is 97.1 Å². The molecule has 9 heteroatoms. The van der Waals surface area contributed by atoms with Gasteiger partial charge in [-0.15, -0.1) is 0 Å². The molecule has 0 spiro atoms. The van der Waals surface area contributed by atoms with Crippen LogP contribution in [-0.2, 0) is 4.79 Å². The van der Waals surface area contributed by atoms with E-state index in [1.165, 1.54) is 0 Å². The maximum Gasteiger partial charge on any atom is 0.225 e. The second-order valence-corrected chi connectivity index (χ2v) is 7.76. The predicted octanol–water partition coefficient (Wildman–Crippen LogP) is 0.556. The first-order valence-electron chi connectivity index (χ1n) is 11.3. The highest BCUT2D eigenvalue weighted by Crippen LogP contribution is 2.10. The minimum atomic E-state index is 0.293. The molecule has 2 aliphatic rings. The fraction of sp³-hybridized carbons (Fsp3) is 0.714. The number of aromatic nitrogens is 2. The van der Waals surface area contributed by atoms with Crippen molar-refractivity contribution in [1.82, 2.24) is 30.4 Å². The second-order valence-electron chi connectivity index (χ2n) is 7.76. The molecule has 1 amide bonds. The molecule has 2 aliphatic heterocycles. The van der Waals surface area contributed by atoms with Gasteiger partial charge in [-0.3, -0.25) is 14.7 Å². The number of amides is 1. The summed E-state index contributed by atoms with van der Waals surface area (Å²) in [7, 11) is 0. The quantitative estimate of drug-likeness (QED) is 0.327. The van der Waals surface area contributed by atoms with E-state index < -0.39 is 0 Å². The summed E-state index contributed by atoms with van der Waals surface area (Å²) < 4.78 is 0. The van der Waals surface area contributed by atoms with Crippen LogP contribution in [0.3, 0.4) is 0 Å². The van der Waals surface area contributed by atoms with Gasteiger partial charge >= 0.3 is 0 Å². The molecule has 9 nitrogen and oxygen atoms in total. The highest BCUT2D eigenvalue weighted by molar-refractivity contribution is 5.79. The van der Waals surface area contributed by atoms with E-state index in [1.807, 2.05) is 11.0 Å². The molecule has 0 radical (unpaired) electrons. The second kappa shape index (κ2) is 12.3. The van der Waals surface area contributed by atoms with Crippen molar-refractivity contribution in [3.05, 3.63) is 18.5 Å². The maximum absolute atomic E-state index is 11.7. The van der Waals surface area contributed by atoms with Gasteiger partial charge in [0.25, 0.3) is 0 Å². The van der Waals surface area contributed by atoms with Gasteiger partial charge in [-0.1, -0.05) is 0 Å². The zero-order chi connectivity index (χ0) is 21.0. The summed E-state index contributed by atoms with van der Waals surface area (Å²) in [4.78, 5) is 31.7. The topological polar surface area (TPSA) is 89.0 Å². The molecule has 0 aromatic carbocycles. The van der Waals surface area contributed by atoms with Crippen molar-refractivity contribution in [3.8, 4) is 0 Å². The van der Waals surface area contributed by atoms with Gasteiger partial charge in [0.1, 0.15) is 0 Å². The first-order valence-corrected chi connectivity index (χ1v) is 11.3. The molecule has 3 rings (SSSR count). The number of likely N-dealkylation sites (tertiary alicyclic amines) is 1. The van der Waals surface area contributed by atoms with E-state index in [0.717, 1.165) is 96.6 Å². The number of nitrogens with one attached hydrogen (secondary N) is 2. The van der Waals surface area contributed by atoms with Gasteiger partial charge in [-0.25, -0.2) is 9.97 Å². The number of hydrogen-bond acceptors (Lipinski definition) is 6. The molecule has 0 atom stereocenters. The number of carbonyl (C=O) groups is 1. The van der Waals surface area contributed by atoms with E-state index in [1.54, 1.807) is 12.4 Å². The van der Waals surface area contributed by atoms with Gasteiger partial charge in [-0.05, 0) is 38.8 Å². The van der Waals surface area contributed by atoms with Gasteiger partial charge in [0.15, 0.2) is 5.96 Å². The zero-order valence-electron chi connectivity index (χ0n) is 18.2. The van der Waals surface area contributed by atoms with Crippen molar-refractivity contribution < 1.29 is 4.79 Å². The summed E-state index contributed by atoms with van der Waals surface area (Å²) in [5.74, 6) is 2.00. The molecule has 30 heavy (non-hydrogen) atoms. The molecule has 2 fully saturated rings. The lowest BCUT2D eigenvalue weighted by molar-refractivity contribution is -0.127. The van der Waals surface area contributed by atoms with Crippen molar-refractivity contribution in [1.29, 1.82) is 0 Å². The molecule has 0 aliphatic carbocycles. The molecule has 2 N–H and O–H groups in total. The summed E-state index contributed by atoms with van der Waals surface area (Å²) in [5, 5.41) is 6.74. The molecular formula is C21H36N8O. The number of hydrogen-bond donors (Lipinski definition) is 2. The molecule has 0 bridgehead atoms. The summed E-state index contributed by atoms with van der Waals surface area (Å²) in [6.07, 6.45) is 7.31. The lowest BCUT2D eigenvalue weighted by Gasteiger charge is -2.34. The third-order valence-electron chi connectivity index (χ3n) is 5.52. The Morgan fingerprint density at radius 1 is 1.07 bits per heavy atom. The molecule has 3 heterocycles. The van der Waals surface area contributed by atoms with E-state index in [-0.39, 0.29) is 0 Å². The molecular weight excluding hydrogens is 380 g/mol. The van der Waals surface area contributed by atoms with Gasteiger partial charge in [0.05, 0.1) is 0 Å². The standard InChI is InChI=1S/C21H36N8O/c1-2-22-20(24-11-6-14-28-13-3-7-19(28)30)23-10-5-12-27-15-17-29(18-16-27)21-25-8-4-9-26-21/h4,8-9H,2-3,5-7,10-18H2,1H3,(H2,22,23,24). The smallest absolute Gasteiger partial charge is 0.225 e. The Hall–Kier alpha value is -2.42. The Bertz CT molecular complexity index is 660. The largest absolute Gasteiger partial charge is 0.357 e. The number of anilines is 1. The molecule has 0 unspecified atom stereocenters. The lowest BCUT2D eigenvalue weighted by atomic mass is 10.3. The number of carbonyl (C=O) groups excluding carboxylic acids is 1. The lowest BCUT2D eigenvalue weighted by Crippen LogP contribution is -2.47. The van der Waals surface area contributed by atoms with Crippen molar-refractivity contribution in [2.75, 3.05) is 70.3 Å². The first kappa shape index (κ1) is 22.3. The average Bonchev–Trinajstić information content (AvgIpc) is 3.19. The van der Waals surface area contributed by atoms with Crippen LogP contribution >= 0.6 is 0 Å². The van der Waals surface area contributed by atoms with Crippen LogP contribution in [0.25, 0.3) is 0 Å². The van der Waals surface area contributed by atoms with E-state index in [2.05, 4.69) is 42.3 Å². The molecule has 1 aromatic rings. The van der Waals surface area contributed by atoms with Crippen LogP contribution in [0.4, 0.5) is 5.95 Å². The Morgan fingerprint density at radius 2 is 1.87 bits per heavy atom. The van der Waals surface area contributed by atoms with Crippen LogP contribution < -0.4 is 15.5 Å². The minimum absolute atomic E-state index is 0.293. The fourth-order valence-electron chi connectivity index (χ4n) is 3.87. The third kappa shape index (κ3) is 7.12. The van der Waals surface area contributed by atoms with Crippen LogP contribution in [0.2, 0.25) is 0 Å². The van der Waals surface area contributed by atoms with Crippen LogP contribution in [0, 0.1) is 0 Å². The predicted molar refractivity (Wildman–Crippen MR) is 120 cm³/mol. The van der Waals surface area contributed by atoms with E-state index in [9.17, 15) is 4.79 Å². The molecule has 0 saturated carbocycles. The van der Waals surface area contributed by atoms with Gasteiger partial charge in [-0.2, -0.15) is 0 Å². The maximum atomic E-state index is 11.7. The highest BCUT2D eigenvalue weighted by Gasteiger charge is 2.19. The fourth-order valence-corrected chi connectivity index (χ4v) is 3.87. The highest BCUT2D eigenvalue weighted by atomic mass is 16.2. The van der Waals surface area contributed by atoms with Gasteiger partial charge < -0.3 is 20.4 Å². The summed E-state index contributed by atoms with van der Waals surface area (Å²) in [6.45, 7) is 11.4. The van der Waals surface area contributed by atoms with Gasteiger partial charge in [0.2, 0.25) is 11.9 Å². The van der Waals surface area contributed by atoms with Crippen LogP contribution in [0.15, 0.2) is 23.5 Å². The average molecular weight is 417 g/mol.